The second-order valence-corrected chi connectivity index (χ2v) is 5.94. The molecule has 1 heterocycles. The van der Waals surface area contributed by atoms with Crippen molar-refractivity contribution in [3.05, 3.63) is 65.2 Å². The molecule has 0 spiro atoms. The van der Waals surface area contributed by atoms with Gasteiger partial charge in [0.1, 0.15) is 11.5 Å². The molecule has 8 nitrogen and oxygen atoms in total. The normalized spacial score (nSPS) is 14.8. The number of hydrazone groups is 2. The smallest absolute Gasteiger partial charge is 0.277 e. The van der Waals surface area contributed by atoms with Crippen molar-refractivity contribution < 1.29 is 19.4 Å². The van der Waals surface area contributed by atoms with E-state index in [0.717, 1.165) is 11.1 Å². The third kappa shape index (κ3) is 5.04. The van der Waals surface area contributed by atoms with Gasteiger partial charge in [0.2, 0.25) is 0 Å². The SMILES string of the molecule is CC1=NNC(=O)/C1=C\c1ccc(OCC(=O)N/N=C/c2ccc(O)cc2)cc1. The maximum Gasteiger partial charge on any atom is 0.277 e. The van der Waals surface area contributed by atoms with Gasteiger partial charge in [-0.2, -0.15) is 10.2 Å². The van der Waals surface area contributed by atoms with Crippen molar-refractivity contribution in [1.29, 1.82) is 0 Å². The van der Waals surface area contributed by atoms with Gasteiger partial charge in [-0.05, 0) is 60.5 Å². The molecule has 0 aromatic heterocycles. The summed E-state index contributed by atoms with van der Waals surface area (Å²) in [4.78, 5) is 23.4. The molecule has 0 unspecified atom stereocenters. The van der Waals surface area contributed by atoms with Crippen LogP contribution < -0.4 is 15.6 Å². The van der Waals surface area contributed by atoms with Crippen LogP contribution in [0.25, 0.3) is 6.08 Å². The first kappa shape index (κ1) is 18.8. The summed E-state index contributed by atoms with van der Waals surface area (Å²) in [6.07, 6.45) is 3.19. The number of benzene rings is 2. The standard InChI is InChI=1S/C20H18N4O4/c1-13-18(20(27)24-22-13)10-14-4-8-17(9-5-14)28-12-19(26)23-21-11-15-2-6-16(25)7-3-15/h2-11,25H,12H2,1H3,(H,23,26)(H,24,27)/b18-10-,21-11+. The molecule has 0 radical (unpaired) electrons. The second-order valence-electron chi connectivity index (χ2n) is 5.94. The summed E-state index contributed by atoms with van der Waals surface area (Å²) in [7, 11) is 0. The Labute approximate surface area is 161 Å². The van der Waals surface area contributed by atoms with Crippen LogP contribution in [0.5, 0.6) is 11.5 Å². The lowest BCUT2D eigenvalue weighted by atomic mass is 10.1. The van der Waals surface area contributed by atoms with Gasteiger partial charge in [-0.3, -0.25) is 9.59 Å². The van der Waals surface area contributed by atoms with E-state index in [4.69, 9.17) is 4.74 Å². The summed E-state index contributed by atoms with van der Waals surface area (Å²) >= 11 is 0. The highest BCUT2D eigenvalue weighted by Crippen LogP contribution is 2.16. The van der Waals surface area contributed by atoms with Crippen LogP contribution in [0.2, 0.25) is 0 Å². The van der Waals surface area contributed by atoms with Gasteiger partial charge >= 0.3 is 0 Å². The second kappa shape index (κ2) is 8.63. The number of phenols is 1. The van der Waals surface area contributed by atoms with Gasteiger partial charge < -0.3 is 9.84 Å². The van der Waals surface area contributed by atoms with E-state index < -0.39 is 5.91 Å². The summed E-state index contributed by atoms with van der Waals surface area (Å²) < 4.78 is 5.41. The van der Waals surface area contributed by atoms with Crippen LogP contribution in [0, 0.1) is 0 Å². The first-order chi connectivity index (χ1) is 13.5. The summed E-state index contributed by atoms with van der Waals surface area (Å²) in [6, 6.07) is 13.4. The van der Waals surface area contributed by atoms with Crippen molar-refractivity contribution in [2.75, 3.05) is 6.61 Å². The maximum absolute atomic E-state index is 11.8. The molecule has 2 aromatic carbocycles. The number of amides is 2. The van der Waals surface area contributed by atoms with Gasteiger partial charge in [-0.15, -0.1) is 0 Å². The molecule has 0 saturated carbocycles. The Morgan fingerprint density at radius 3 is 2.50 bits per heavy atom. The molecule has 1 aliphatic rings. The number of nitrogens with zero attached hydrogens (tertiary/aromatic N) is 2. The summed E-state index contributed by atoms with van der Waals surface area (Å²) in [5.74, 6) is 0.0330. The van der Waals surface area contributed by atoms with Crippen molar-refractivity contribution in [1.82, 2.24) is 10.9 Å². The van der Waals surface area contributed by atoms with E-state index in [1.807, 2.05) is 0 Å². The third-order valence-electron chi connectivity index (χ3n) is 3.82. The van der Waals surface area contributed by atoms with Gasteiger partial charge in [-0.25, -0.2) is 10.9 Å². The molecule has 1 aliphatic heterocycles. The zero-order chi connectivity index (χ0) is 19.9. The number of hydrogen-bond acceptors (Lipinski definition) is 6. The minimum atomic E-state index is -0.407. The highest BCUT2D eigenvalue weighted by atomic mass is 16.5. The minimum absolute atomic E-state index is 0.159. The van der Waals surface area contributed by atoms with Crippen LogP contribution in [0.1, 0.15) is 18.1 Å². The lowest BCUT2D eigenvalue weighted by Crippen LogP contribution is -2.24. The topological polar surface area (TPSA) is 112 Å². The van der Waals surface area contributed by atoms with E-state index in [-0.39, 0.29) is 18.3 Å². The number of carbonyl (C=O) groups excluding carboxylic acids is 2. The summed E-state index contributed by atoms with van der Waals surface area (Å²) in [5.41, 5.74) is 7.46. The molecular weight excluding hydrogens is 360 g/mol. The molecule has 8 heteroatoms. The number of carbonyl (C=O) groups is 2. The lowest BCUT2D eigenvalue weighted by Gasteiger charge is -2.05. The molecule has 0 atom stereocenters. The fourth-order valence-corrected chi connectivity index (χ4v) is 2.34. The Hall–Kier alpha value is -3.94. The first-order valence-corrected chi connectivity index (χ1v) is 8.42. The van der Waals surface area contributed by atoms with E-state index in [0.29, 0.717) is 17.0 Å². The fraction of sp³-hybridized carbons (Fsp3) is 0.100. The molecule has 3 rings (SSSR count). The van der Waals surface area contributed by atoms with Crippen molar-refractivity contribution >= 4 is 29.8 Å². The van der Waals surface area contributed by atoms with E-state index in [9.17, 15) is 14.7 Å². The van der Waals surface area contributed by atoms with Crippen LogP contribution in [0.4, 0.5) is 0 Å². The van der Waals surface area contributed by atoms with Crippen LogP contribution in [0.15, 0.2) is 64.3 Å². The number of nitrogens with one attached hydrogen (secondary N) is 2. The number of hydrogen-bond donors (Lipinski definition) is 3. The average molecular weight is 378 g/mol. The first-order valence-electron chi connectivity index (χ1n) is 8.42. The summed E-state index contributed by atoms with van der Waals surface area (Å²) in [6.45, 7) is 1.56. The largest absolute Gasteiger partial charge is 0.508 e. The molecule has 3 N–H and O–H groups in total. The Bertz CT molecular complexity index is 961. The molecule has 2 aromatic rings. The zero-order valence-electron chi connectivity index (χ0n) is 15.0. The lowest BCUT2D eigenvalue weighted by molar-refractivity contribution is -0.123. The fourth-order valence-electron chi connectivity index (χ4n) is 2.34. The van der Waals surface area contributed by atoms with Gasteiger partial charge in [0, 0.05) is 0 Å². The summed E-state index contributed by atoms with van der Waals surface area (Å²) in [5, 5.41) is 16.9. The Morgan fingerprint density at radius 1 is 1.18 bits per heavy atom. The molecule has 0 fully saturated rings. The van der Waals surface area contributed by atoms with E-state index in [2.05, 4.69) is 21.1 Å². The molecule has 0 saturated heterocycles. The Balaban J connectivity index is 1.48. The third-order valence-corrected chi connectivity index (χ3v) is 3.82. The van der Waals surface area contributed by atoms with Crippen molar-refractivity contribution in [2.45, 2.75) is 6.92 Å². The molecule has 2 amide bonds. The van der Waals surface area contributed by atoms with Gasteiger partial charge in [0.15, 0.2) is 6.61 Å². The number of ether oxygens (including phenoxy) is 1. The van der Waals surface area contributed by atoms with Crippen molar-refractivity contribution in [3.8, 4) is 11.5 Å². The van der Waals surface area contributed by atoms with E-state index in [1.165, 1.54) is 18.3 Å². The maximum atomic E-state index is 11.8. The molecule has 142 valence electrons. The minimum Gasteiger partial charge on any atom is -0.508 e. The van der Waals surface area contributed by atoms with E-state index >= 15 is 0 Å². The average Bonchev–Trinajstić information content (AvgIpc) is 3.01. The monoisotopic (exact) mass is 378 g/mol. The predicted octanol–water partition coefficient (Wildman–Crippen LogP) is 1.81. The highest BCUT2D eigenvalue weighted by Gasteiger charge is 2.18. The Morgan fingerprint density at radius 2 is 1.86 bits per heavy atom. The van der Waals surface area contributed by atoms with Gasteiger partial charge in [0.25, 0.3) is 11.8 Å². The van der Waals surface area contributed by atoms with Crippen molar-refractivity contribution in [2.24, 2.45) is 10.2 Å². The van der Waals surface area contributed by atoms with Gasteiger partial charge in [0.05, 0.1) is 17.5 Å². The molecular formula is C20H18N4O4. The predicted molar refractivity (Wildman–Crippen MR) is 105 cm³/mol. The van der Waals surface area contributed by atoms with E-state index in [1.54, 1.807) is 49.4 Å². The van der Waals surface area contributed by atoms with Crippen LogP contribution in [-0.4, -0.2) is 35.5 Å². The number of aromatic hydroxyl groups is 1. The molecule has 0 aliphatic carbocycles. The van der Waals surface area contributed by atoms with Crippen LogP contribution in [0.3, 0.4) is 0 Å². The van der Waals surface area contributed by atoms with Crippen LogP contribution >= 0.6 is 0 Å². The Kier molecular flexibility index (Phi) is 5.81. The van der Waals surface area contributed by atoms with Crippen LogP contribution in [-0.2, 0) is 9.59 Å². The molecule has 28 heavy (non-hydrogen) atoms. The van der Waals surface area contributed by atoms with Gasteiger partial charge in [-0.1, -0.05) is 12.1 Å². The quantitative estimate of drug-likeness (QED) is 0.404. The number of rotatable bonds is 6. The van der Waals surface area contributed by atoms with Crippen molar-refractivity contribution in [3.63, 3.8) is 0 Å². The zero-order valence-corrected chi connectivity index (χ0v) is 15.0. The number of phenolic OH excluding ortho intramolecular Hbond substituents is 1. The highest BCUT2D eigenvalue weighted by molar-refractivity contribution is 6.26. The molecule has 0 bridgehead atoms.